The first-order valence-corrected chi connectivity index (χ1v) is 12.4. The van der Waals surface area contributed by atoms with E-state index in [1.54, 1.807) is 11.8 Å². The van der Waals surface area contributed by atoms with Gasteiger partial charge in [0.15, 0.2) is 5.13 Å². The number of nitrogens with one attached hydrogen (secondary N) is 1. The van der Waals surface area contributed by atoms with E-state index in [0.717, 1.165) is 33.6 Å². The minimum Gasteiger partial charge on any atom is -0.481 e. The molecule has 1 aromatic heterocycles. The Bertz CT molecular complexity index is 1240. The van der Waals surface area contributed by atoms with Crippen molar-refractivity contribution in [3.63, 3.8) is 0 Å². The number of carboxylic acid groups (broad SMARTS) is 1. The maximum absolute atomic E-state index is 13.0. The number of benzene rings is 2. The SMILES string of the molecule is C[C@@H]1[C@H](C(=O)O)CCCN1C(=O)c1cnc(NC(=O)OCC2c3ccccc3-c3ccccc32)s1. The number of fused-ring (bicyclic) bond motifs is 3. The number of likely N-dealkylation sites (tertiary alicyclic amines) is 1. The van der Waals surface area contributed by atoms with Gasteiger partial charge in [0, 0.05) is 18.5 Å². The molecule has 2 amide bonds. The number of carbonyl (C=O) groups excluding carboxylic acids is 2. The van der Waals surface area contributed by atoms with Crippen LogP contribution >= 0.6 is 11.3 Å². The number of carbonyl (C=O) groups is 3. The molecule has 3 aromatic rings. The van der Waals surface area contributed by atoms with Gasteiger partial charge in [-0.1, -0.05) is 59.9 Å². The minimum atomic E-state index is -0.892. The molecular weight excluding hydrogens is 466 g/mol. The highest BCUT2D eigenvalue weighted by molar-refractivity contribution is 7.17. The van der Waals surface area contributed by atoms with Gasteiger partial charge in [0.1, 0.15) is 11.5 Å². The van der Waals surface area contributed by atoms with Gasteiger partial charge in [0.05, 0.1) is 12.1 Å². The first-order chi connectivity index (χ1) is 16.9. The Hall–Kier alpha value is -3.72. The van der Waals surface area contributed by atoms with E-state index in [0.29, 0.717) is 24.3 Å². The van der Waals surface area contributed by atoms with Crippen molar-refractivity contribution in [3.05, 3.63) is 70.7 Å². The van der Waals surface area contributed by atoms with Crippen LogP contribution in [0, 0.1) is 5.92 Å². The summed E-state index contributed by atoms with van der Waals surface area (Å²) in [7, 11) is 0. The van der Waals surface area contributed by atoms with Crippen LogP contribution in [0.2, 0.25) is 0 Å². The van der Waals surface area contributed by atoms with Crippen LogP contribution in [-0.4, -0.2) is 52.2 Å². The van der Waals surface area contributed by atoms with Crippen LogP contribution < -0.4 is 5.32 Å². The van der Waals surface area contributed by atoms with Gasteiger partial charge < -0.3 is 14.7 Å². The highest BCUT2D eigenvalue weighted by Crippen LogP contribution is 2.44. The van der Waals surface area contributed by atoms with E-state index in [1.165, 1.54) is 6.20 Å². The number of carboxylic acids is 1. The number of thiazole rings is 1. The van der Waals surface area contributed by atoms with Crippen LogP contribution in [0.1, 0.15) is 46.5 Å². The molecule has 0 radical (unpaired) electrons. The number of piperidine rings is 1. The molecule has 0 bridgehead atoms. The zero-order valence-corrected chi connectivity index (χ0v) is 20.0. The van der Waals surface area contributed by atoms with E-state index >= 15 is 0 Å². The van der Waals surface area contributed by atoms with Gasteiger partial charge >= 0.3 is 12.1 Å². The summed E-state index contributed by atoms with van der Waals surface area (Å²) < 4.78 is 5.54. The fourth-order valence-electron chi connectivity index (χ4n) is 5.05. The summed E-state index contributed by atoms with van der Waals surface area (Å²) in [4.78, 5) is 43.0. The fourth-order valence-corrected chi connectivity index (χ4v) is 5.81. The summed E-state index contributed by atoms with van der Waals surface area (Å²) in [6.07, 6.45) is 1.95. The average Bonchev–Trinajstić information content (AvgIpc) is 3.45. The molecule has 35 heavy (non-hydrogen) atoms. The highest BCUT2D eigenvalue weighted by atomic mass is 32.1. The van der Waals surface area contributed by atoms with Crippen molar-refractivity contribution in [2.75, 3.05) is 18.5 Å². The molecule has 2 heterocycles. The molecule has 1 aliphatic carbocycles. The Labute approximate surface area is 206 Å². The average molecular weight is 492 g/mol. The molecule has 8 nitrogen and oxygen atoms in total. The third-order valence-corrected chi connectivity index (χ3v) is 7.74. The Morgan fingerprint density at radius 3 is 2.43 bits per heavy atom. The summed E-state index contributed by atoms with van der Waals surface area (Å²) in [6.45, 7) is 2.43. The summed E-state index contributed by atoms with van der Waals surface area (Å²) in [5.41, 5.74) is 4.55. The summed E-state index contributed by atoms with van der Waals surface area (Å²) >= 11 is 1.05. The molecule has 180 valence electrons. The lowest BCUT2D eigenvalue weighted by Crippen LogP contribution is -2.48. The number of nitrogens with zero attached hydrogens (tertiary/aromatic N) is 2. The van der Waals surface area contributed by atoms with Gasteiger partial charge in [-0.05, 0) is 42.0 Å². The van der Waals surface area contributed by atoms with Crippen molar-refractivity contribution >= 4 is 34.4 Å². The maximum Gasteiger partial charge on any atom is 0.413 e. The summed E-state index contributed by atoms with van der Waals surface area (Å²) in [6, 6.07) is 15.8. The van der Waals surface area contributed by atoms with Gasteiger partial charge in [-0.3, -0.25) is 14.9 Å². The van der Waals surface area contributed by atoms with Crippen molar-refractivity contribution < 1.29 is 24.2 Å². The van der Waals surface area contributed by atoms with Crippen LogP contribution in [0.15, 0.2) is 54.7 Å². The van der Waals surface area contributed by atoms with Gasteiger partial charge in [-0.25, -0.2) is 9.78 Å². The van der Waals surface area contributed by atoms with E-state index in [2.05, 4.69) is 34.6 Å². The molecule has 2 aromatic carbocycles. The van der Waals surface area contributed by atoms with Gasteiger partial charge in [0.2, 0.25) is 0 Å². The molecule has 2 atom stereocenters. The van der Waals surface area contributed by atoms with Gasteiger partial charge in [-0.15, -0.1) is 0 Å². The number of aromatic nitrogens is 1. The fraction of sp³-hybridized carbons (Fsp3) is 0.308. The summed E-state index contributed by atoms with van der Waals surface area (Å²) in [5.74, 6) is -1.80. The Balaban J connectivity index is 1.22. The zero-order chi connectivity index (χ0) is 24.5. The second kappa shape index (κ2) is 9.50. The molecule has 1 fully saturated rings. The van der Waals surface area contributed by atoms with E-state index < -0.39 is 24.0 Å². The Kier molecular flexibility index (Phi) is 6.25. The number of rotatable bonds is 5. The van der Waals surface area contributed by atoms with E-state index in [-0.39, 0.29) is 23.6 Å². The molecule has 0 saturated carbocycles. The maximum atomic E-state index is 13.0. The molecular formula is C26H25N3O5S. The van der Waals surface area contributed by atoms with Crippen LogP contribution in [0.25, 0.3) is 11.1 Å². The topological polar surface area (TPSA) is 109 Å². The second-order valence-electron chi connectivity index (χ2n) is 8.81. The molecule has 5 rings (SSSR count). The molecule has 2 aliphatic rings. The molecule has 0 unspecified atom stereocenters. The second-order valence-corrected chi connectivity index (χ2v) is 9.84. The smallest absolute Gasteiger partial charge is 0.413 e. The predicted molar refractivity (Wildman–Crippen MR) is 132 cm³/mol. The van der Waals surface area contributed by atoms with Crippen molar-refractivity contribution in [3.8, 4) is 11.1 Å². The predicted octanol–water partition coefficient (Wildman–Crippen LogP) is 4.83. The number of amides is 2. The first kappa shape index (κ1) is 23.0. The van der Waals surface area contributed by atoms with Crippen molar-refractivity contribution in [1.29, 1.82) is 0 Å². The molecule has 1 aliphatic heterocycles. The van der Waals surface area contributed by atoms with Gasteiger partial charge in [-0.2, -0.15) is 0 Å². The molecule has 1 saturated heterocycles. The Morgan fingerprint density at radius 1 is 1.11 bits per heavy atom. The number of hydrogen-bond donors (Lipinski definition) is 2. The lowest BCUT2D eigenvalue weighted by Gasteiger charge is -2.37. The summed E-state index contributed by atoms with van der Waals surface area (Å²) in [5, 5.41) is 12.3. The first-order valence-electron chi connectivity index (χ1n) is 11.6. The third kappa shape index (κ3) is 4.39. The van der Waals surface area contributed by atoms with Crippen LogP contribution in [-0.2, 0) is 9.53 Å². The normalized spacial score (nSPS) is 19.1. The molecule has 2 N–H and O–H groups in total. The highest BCUT2D eigenvalue weighted by Gasteiger charge is 2.36. The number of ether oxygens (including phenoxy) is 1. The van der Waals surface area contributed by atoms with Crippen molar-refractivity contribution in [2.24, 2.45) is 5.92 Å². The third-order valence-electron chi connectivity index (χ3n) is 6.84. The Morgan fingerprint density at radius 2 is 1.77 bits per heavy atom. The number of aliphatic carboxylic acids is 1. The number of hydrogen-bond acceptors (Lipinski definition) is 6. The van der Waals surface area contributed by atoms with Crippen LogP contribution in [0.4, 0.5) is 9.93 Å². The minimum absolute atomic E-state index is 0.0515. The van der Waals surface area contributed by atoms with Gasteiger partial charge in [0.25, 0.3) is 5.91 Å². The molecule has 0 spiro atoms. The lowest BCUT2D eigenvalue weighted by atomic mass is 9.90. The van der Waals surface area contributed by atoms with Crippen LogP contribution in [0.5, 0.6) is 0 Å². The molecule has 9 heteroatoms. The zero-order valence-electron chi connectivity index (χ0n) is 19.1. The standard InChI is InChI=1S/C26H25N3O5S/c1-15-16(24(31)32)11-6-12-29(15)23(30)22-13-27-25(35-22)28-26(33)34-14-21-19-9-4-2-7-17(19)18-8-3-5-10-20(18)21/h2-5,7-10,13,15-16,21H,6,11-12,14H2,1H3,(H,31,32)(H,27,28,33)/t15-,16-/m1/s1. The van der Waals surface area contributed by atoms with Crippen molar-refractivity contribution in [2.45, 2.75) is 31.7 Å². The van der Waals surface area contributed by atoms with Crippen molar-refractivity contribution in [1.82, 2.24) is 9.88 Å². The monoisotopic (exact) mass is 491 g/mol. The van der Waals surface area contributed by atoms with E-state index in [4.69, 9.17) is 4.74 Å². The number of anilines is 1. The van der Waals surface area contributed by atoms with Crippen LogP contribution in [0.3, 0.4) is 0 Å². The lowest BCUT2D eigenvalue weighted by molar-refractivity contribution is -0.144. The quantitative estimate of drug-likeness (QED) is 0.529. The van der Waals surface area contributed by atoms with E-state index in [1.807, 2.05) is 24.3 Å². The van der Waals surface area contributed by atoms with E-state index in [9.17, 15) is 19.5 Å². The largest absolute Gasteiger partial charge is 0.481 e.